The zero-order valence-corrected chi connectivity index (χ0v) is 14.6. The van der Waals surface area contributed by atoms with Gasteiger partial charge in [-0.05, 0) is 47.2 Å². The third-order valence-electron chi connectivity index (χ3n) is 3.19. The van der Waals surface area contributed by atoms with E-state index in [0.29, 0.717) is 0 Å². The molecule has 0 aliphatic carbocycles. The smallest absolute Gasteiger partial charge is 0.0445 e. The largest absolute Gasteiger partial charge is 0.0876 e. The summed E-state index contributed by atoms with van der Waals surface area (Å²) in [6.07, 6.45) is 1.94. The molecule has 0 aliphatic rings. The van der Waals surface area contributed by atoms with Crippen LogP contribution in [0.1, 0.15) is 29.2 Å². The molecule has 0 spiro atoms. The lowest BCUT2D eigenvalue weighted by atomic mass is 10.0. The molecule has 3 heteroatoms. The summed E-state index contributed by atoms with van der Waals surface area (Å²) < 4.78 is 1.11. The van der Waals surface area contributed by atoms with E-state index in [1.807, 2.05) is 6.07 Å². The van der Waals surface area contributed by atoms with Crippen molar-refractivity contribution >= 4 is 43.5 Å². The molecule has 0 N–H and O–H groups in total. The fraction of sp³-hybridized carbons (Fsp3) is 0.250. The van der Waals surface area contributed by atoms with Crippen LogP contribution < -0.4 is 0 Å². The van der Waals surface area contributed by atoms with Crippen molar-refractivity contribution in [3.63, 3.8) is 0 Å². The first kappa shape index (κ1) is 15.1. The van der Waals surface area contributed by atoms with E-state index >= 15 is 0 Å². The predicted molar refractivity (Wildman–Crippen MR) is 90.4 cm³/mol. The highest BCUT2D eigenvalue weighted by Gasteiger charge is 2.07. The Bertz CT molecular complexity index is 562. The van der Waals surface area contributed by atoms with Crippen molar-refractivity contribution in [1.29, 1.82) is 0 Å². The number of aryl methyl sites for hydroxylation is 1. The zero-order valence-electron chi connectivity index (χ0n) is 10.7. The van der Waals surface area contributed by atoms with Crippen molar-refractivity contribution < 1.29 is 0 Å². The minimum absolute atomic E-state index is 0.804. The van der Waals surface area contributed by atoms with Crippen molar-refractivity contribution in [2.24, 2.45) is 0 Å². The molecule has 0 amide bonds. The molecule has 0 aliphatic heterocycles. The quantitative estimate of drug-likeness (QED) is 0.538. The van der Waals surface area contributed by atoms with Crippen LogP contribution in [0.25, 0.3) is 0 Å². The van der Waals surface area contributed by atoms with Crippen LogP contribution in [0.15, 0.2) is 40.9 Å². The molecular formula is C16H15Br2Cl. The van der Waals surface area contributed by atoms with Gasteiger partial charge in [0.1, 0.15) is 0 Å². The average molecular weight is 403 g/mol. The first-order valence-electron chi connectivity index (χ1n) is 6.24. The van der Waals surface area contributed by atoms with Gasteiger partial charge in [-0.15, -0.1) is 0 Å². The second-order valence-corrected chi connectivity index (χ2v) is 6.34. The molecule has 0 unspecified atom stereocenters. The molecule has 0 radical (unpaired) electrons. The van der Waals surface area contributed by atoms with E-state index in [4.69, 9.17) is 11.6 Å². The van der Waals surface area contributed by atoms with Gasteiger partial charge in [-0.1, -0.05) is 74.7 Å². The van der Waals surface area contributed by atoms with E-state index in [0.717, 1.165) is 33.2 Å². The molecule has 100 valence electrons. The Balaban J connectivity index is 2.25. The lowest BCUT2D eigenvalue weighted by Gasteiger charge is -2.09. The summed E-state index contributed by atoms with van der Waals surface area (Å²) in [4.78, 5) is 0. The lowest BCUT2D eigenvalue weighted by molar-refractivity contribution is 1.12. The van der Waals surface area contributed by atoms with Crippen LogP contribution in [0.2, 0.25) is 5.02 Å². The molecule has 0 fully saturated rings. The zero-order chi connectivity index (χ0) is 13.8. The maximum absolute atomic E-state index is 6.35. The molecule has 19 heavy (non-hydrogen) atoms. The molecule has 0 atom stereocenters. The highest BCUT2D eigenvalue weighted by Crippen LogP contribution is 2.28. The van der Waals surface area contributed by atoms with Crippen LogP contribution in [0.3, 0.4) is 0 Å². The number of hydrogen-bond donors (Lipinski definition) is 0. The number of benzene rings is 2. The fourth-order valence-corrected chi connectivity index (χ4v) is 3.60. The van der Waals surface area contributed by atoms with Gasteiger partial charge in [0.05, 0.1) is 0 Å². The normalized spacial score (nSPS) is 10.7. The van der Waals surface area contributed by atoms with Crippen LogP contribution >= 0.6 is 43.5 Å². The summed E-state index contributed by atoms with van der Waals surface area (Å²) >= 11 is 13.4. The molecular weight excluding hydrogens is 387 g/mol. The van der Waals surface area contributed by atoms with Gasteiger partial charge in [-0.25, -0.2) is 0 Å². The van der Waals surface area contributed by atoms with Crippen molar-refractivity contribution in [2.45, 2.75) is 25.1 Å². The molecule has 0 heterocycles. The summed E-state index contributed by atoms with van der Waals surface area (Å²) in [7, 11) is 0. The van der Waals surface area contributed by atoms with E-state index < -0.39 is 0 Å². The minimum Gasteiger partial charge on any atom is -0.0876 e. The topological polar surface area (TPSA) is 0 Å². The van der Waals surface area contributed by atoms with Gasteiger partial charge < -0.3 is 0 Å². The van der Waals surface area contributed by atoms with Gasteiger partial charge in [0, 0.05) is 14.8 Å². The molecule has 2 aromatic carbocycles. The average Bonchev–Trinajstić information content (AvgIpc) is 2.43. The first-order valence-corrected chi connectivity index (χ1v) is 8.54. The van der Waals surface area contributed by atoms with Crippen molar-refractivity contribution in [3.05, 3.63) is 68.1 Å². The van der Waals surface area contributed by atoms with E-state index in [1.165, 1.54) is 16.7 Å². The van der Waals surface area contributed by atoms with Crippen molar-refractivity contribution in [1.82, 2.24) is 0 Å². The fourth-order valence-electron chi connectivity index (χ4n) is 1.98. The highest BCUT2D eigenvalue weighted by molar-refractivity contribution is 9.10. The Labute approximate surface area is 136 Å². The molecule has 2 aromatic rings. The third-order valence-corrected chi connectivity index (χ3v) is 4.88. The third kappa shape index (κ3) is 3.84. The van der Waals surface area contributed by atoms with Gasteiger partial charge in [0.15, 0.2) is 0 Å². The Kier molecular flexibility index (Phi) is 5.49. The lowest BCUT2D eigenvalue weighted by Crippen LogP contribution is -1.93. The van der Waals surface area contributed by atoms with Gasteiger partial charge in [-0.3, -0.25) is 0 Å². The molecule has 0 bridgehead atoms. The summed E-state index contributed by atoms with van der Waals surface area (Å²) in [5.74, 6) is 0. The van der Waals surface area contributed by atoms with Crippen LogP contribution in [-0.4, -0.2) is 0 Å². The Morgan fingerprint density at radius 1 is 1.00 bits per heavy atom. The monoisotopic (exact) mass is 400 g/mol. The highest BCUT2D eigenvalue weighted by atomic mass is 79.9. The van der Waals surface area contributed by atoms with Crippen molar-refractivity contribution in [3.8, 4) is 0 Å². The van der Waals surface area contributed by atoms with Gasteiger partial charge >= 0.3 is 0 Å². The summed E-state index contributed by atoms with van der Waals surface area (Å²) in [6, 6.07) is 12.9. The molecule has 0 nitrogen and oxygen atoms in total. The maximum Gasteiger partial charge on any atom is 0.0445 e. The van der Waals surface area contributed by atoms with E-state index in [2.05, 4.69) is 69.1 Å². The number of rotatable bonds is 4. The summed E-state index contributed by atoms with van der Waals surface area (Å²) in [5.41, 5.74) is 4.99. The molecule has 0 saturated heterocycles. The first-order chi connectivity index (χ1) is 9.13. The Morgan fingerprint density at radius 2 is 1.63 bits per heavy atom. The molecule has 2 rings (SSSR count). The summed E-state index contributed by atoms with van der Waals surface area (Å²) in [6.45, 7) is 2.17. The van der Waals surface area contributed by atoms with Crippen LogP contribution in [0.4, 0.5) is 0 Å². The SMILES string of the molecule is CCc1ccc(Cc2cc(Br)c(CBr)cc2Cl)cc1. The maximum atomic E-state index is 6.35. The van der Waals surface area contributed by atoms with Crippen LogP contribution in [-0.2, 0) is 18.2 Å². The van der Waals surface area contributed by atoms with E-state index in [9.17, 15) is 0 Å². The second kappa shape index (κ2) is 6.92. The van der Waals surface area contributed by atoms with Crippen molar-refractivity contribution in [2.75, 3.05) is 0 Å². The van der Waals surface area contributed by atoms with Gasteiger partial charge in [-0.2, -0.15) is 0 Å². The molecule has 0 aromatic heterocycles. The number of hydrogen-bond acceptors (Lipinski definition) is 0. The van der Waals surface area contributed by atoms with Gasteiger partial charge in [0.2, 0.25) is 0 Å². The Morgan fingerprint density at radius 3 is 2.21 bits per heavy atom. The van der Waals surface area contributed by atoms with E-state index in [1.54, 1.807) is 0 Å². The number of halogens is 3. The van der Waals surface area contributed by atoms with Crippen LogP contribution in [0.5, 0.6) is 0 Å². The molecule has 0 saturated carbocycles. The Hall–Kier alpha value is -0.310. The second-order valence-electron chi connectivity index (χ2n) is 4.52. The standard InChI is InChI=1S/C16H15Br2Cl/c1-2-11-3-5-12(6-4-11)7-13-8-15(18)14(10-17)9-16(13)19/h3-6,8-9H,2,7,10H2,1H3. The predicted octanol–water partition coefficient (Wildman–Crippen LogP) is 6.15. The number of alkyl halides is 1. The van der Waals surface area contributed by atoms with Gasteiger partial charge in [0.25, 0.3) is 0 Å². The minimum atomic E-state index is 0.804. The van der Waals surface area contributed by atoms with E-state index in [-0.39, 0.29) is 0 Å². The van der Waals surface area contributed by atoms with Crippen LogP contribution in [0, 0.1) is 0 Å². The summed E-state index contributed by atoms with van der Waals surface area (Å²) in [5, 5.41) is 1.64.